The molecule has 0 atom stereocenters. The third kappa shape index (κ3) is 4.32. The van der Waals surface area contributed by atoms with Crippen LogP contribution in [-0.4, -0.2) is 19.9 Å². The van der Waals surface area contributed by atoms with Crippen LogP contribution >= 0.6 is 0 Å². The largest absolute Gasteiger partial charge is 0.439 e. The number of hydrogen-bond acceptors (Lipinski definition) is 5. The molecule has 0 fully saturated rings. The van der Waals surface area contributed by atoms with Crippen LogP contribution in [0.5, 0.6) is 0 Å². The van der Waals surface area contributed by atoms with Gasteiger partial charge in [-0.1, -0.05) is 13.8 Å². The number of pyridine rings is 3. The quantitative estimate of drug-likeness (QED) is 0.478. The third-order valence-corrected chi connectivity index (χ3v) is 2.89. The number of rotatable bonds is 0. The fourth-order valence-corrected chi connectivity index (χ4v) is 1.95. The predicted molar refractivity (Wildman–Crippen MR) is 92.2 cm³/mol. The van der Waals surface area contributed by atoms with E-state index in [0.717, 1.165) is 27.8 Å². The lowest BCUT2D eigenvalue weighted by Crippen LogP contribution is -1.83. The minimum atomic E-state index is 0.683. The van der Waals surface area contributed by atoms with Crippen LogP contribution < -0.4 is 0 Å². The summed E-state index contributed by atoms with van der Waals surface area (Å²) in [5.41, 5.74) is 4.57. The molecular weight excluding hydrogens is 288 g/mol. The average Bonchev–Trinajstić information content (AvgIpc) is 2.97. The number of nitrogens with zero attached hydrogens (tertiary/aromatic N) is 4. The van der Waals surface area contributed by atoms with Gasteiger partial charge in [-0.05, 0) is 37.3 Å². The van der Waals surface area contributed by atoms with Gasteiger partial charge < -0.3 is 4.42 Å². The van der Waals surface area contributed by atoms with E-state index in [2.05, 4.69) is 19.9 Å². The van der Waals surface area contributed by atoms with Crippen LogP contribution in [0.3, 0.4) is 0 Å². The second-order valence-electron chi connectivity index (χ2n) is 4.57. The van der Waals surface area contributed by atoms with E-state index in [4.69, 9.17) is 4.42 Å². The summed E-state index contributed by atoms with van der Waals surface area (Å²) in [6.07, 6.45) is 5.14. The summed E-state index contributed by atoms with van der Waals surface area (Å²) in [4.78, 5) is 16.5. The minimum absolute atomic E-state index is 0.683. The van der Waals surface area contributed by atoms with Crippen molar-refractivity contribution in [3.8, 4) is 0 Å². The molecule has 23 heavy (non-hydrogen) atoms. The monoisotopic (exact) mass is 308 g/mol. The van der Waals surface area contributed by atoms with Gasteiger partial charge in [0.1, 0.15) is 5.52 Å². The molecule has 0 radical (unpaired) electrons. The van der Waals surface area contributed by atoms with Gasteiger partial charge in [0.15, 0.2) is 11.5 Å². The number of oxazole rings is 1. The number of aromatic nitrogens is 4. The molecule has 5 heteroatoms. The first-order valence-electron chi connectivity index (χ1n) is 7.58. The Morgan fingerprint density at radius 3 is 2.43 bits per heavy atom. The van der Waals surface area contributed by atoms with E-state index in [0.29, 0.717) is 5.89 Å². The van der Waals surface area contributed by atoms with E-state index in [1.54, 1.807) is 18.6 Å². The van der Waals surface area contributed by atoms with Gasteiger partial charge in [-0.3, -0.25) is 15.0 Å². The molecule has 4 aromatic heterocycles. The Balaban J connectivity index is 0.000000152. The Labute approximate surface area is 135 Å². The highest BCUT2D eigenvalue weighted by Gasteiger charge is 1.98. The van der Waals surface area contributed by atoms with E-state index in [9.17, 15) is 0 Å². The van der Waals surface area contributed by atoms with Crippen molar-refractivity contribution in [1.82, 2.24) is 19.9 Å². The molecule has 0 aliphatic heterocycles. The van der Waals surface area contributed by atoms with Gasteiger partial charge in [0.25, 0.3) is 0 Å². The third-order valence-electron chi connectivity index (χ3n) is 2.89. The molecule has 4 aromatic rings. The fraction of sp³-hybridized carbons (Fsp3) is 0.222. The average molecular weight is 308 g/mol. The molecule has 0 saturated heterocycles. The lowest BCUT2D eigenvalue weighted by atomic mass is 10.3. The molecule has 0 unspecified atom stereocenters. The van der Waals surface area contributed by atoms with E-state index in [-0.39, 0.29) is 0 Å². The molecular formula is C18H20N4O. The molecule has 4 heterocycles. The van der Waals surface area contributed by atoms with Gasteiger partial charge in [0.2, 0.25) is 0 Å². The van der Waals surface area contributed by atoms with Crippen molar-refractivity contribution in [3.05, 3.63) is 60.5 Å². The molecule has 0 bridgehead atoms. The fourth-order valence-electron chi connectivity index (χ4n) is 1.95. The topological polar surface area (TPSA) is 64.7 Å². The van der Waals surface area contributed by atoms with Gasteiger partial charge in [-0.15, -0.1) is 0 Å². The van der Waals surface area contributed by atoms with E-state index < -0.39 is 0 Å². The summed E-state index contributed by atoms with van der Waals surface area (Å²) >= 11 is 0. The van der Waals surface area contributed by atoms with Crippen LogP contribution in [0.2, 0.25) is 0 Å². The van der Waals surface area contributed by atoms with Crippen LogP contribution in [0, 0.1) is 13.8 Å². The summed E-state index contributed by atoms with van der Waals surface area (Å²) in [5, 5.41) is 0. The van der Waals surface area contributed by atoms with Crippen molar-refractivity contribution in [2.45, 2.75) is 27.7 Å². The molecule has 0 aliphatic rings. The zero-order valence-electron chi connectivity index (χ0n) is 13.8. The van der Waals surface area contributed by atoms with E-state index in [1.165, 1.54) is 0 Å². The van der Waals surface area contributed by atoms with Crippen molar-refractivity contribution in [1.29, 1.82) is 0 Å². The summed E-state index contributed by atoms with van der Waals surface area (Å²) < 4.78 is 5.19. The SMILES string of the molecule is CC.Cc1ccc2ncccc2n1.Cc1nc2ccncc2o1. The van der Waals surface area contributed by atoms with Gasteiger partial charge in [-0.25, -0.2) is 4.98 Å². The highest BCUT2D eigenvalue weighted by atomic mass is 16.3. The summed E-state index contributed by atoms with van der Waals surface area (Å²) in [6, 6.07) is 9.64. The zero-order chi connectivity index (χ0) is 16.7. The second kappa shape index (κ2) is 7.98. The zero-order valence-corrected chi connectivity index (χ0v) is 13.8. The van der Waals surface area contributed by atoms with Crippen LogP contribution in [0.15, 0.2) is 53.3 Å². The Morgan fingerprint density at radius 1 is 0.826 bits per heavy atom. The second-order valence-corrected chi connectivity index (χ2v) is 4.57. The number of fused-ring (bicyclic) bond motifs is 2. The van der Waals surface area contributed by atoms with Crippen LogP contribution in [0.25, 0.3) is 22.1 Å². The highest BCUT2D eigenvalue weighted by Crippen LogP contribution is 2.11. The molecule has 4 rings (SSSR count). The van der Waals surface area contributed by atoms with Crippen LogP contribution in [0.1, 0.15) is 25.4 Å². The number of hydrogen-bond donors (Lipinski definition) is 0. The van der Waals surface area contributed by atoms with Crippen molar-refractivity contribution < 1.29 is 4.42 Å². The maximum Gasteiger partial charge on any atom is 0.192 e. The summed E-state index contributed by atoms with van der Waals surface area (Å²) in [5.74, 6) is 0.683. The first kappa shape index (κ1) is 16.5. The molecule has 118 valence electrons. The van der Waals surface area contributed by atoms with E-state index >= 15 is 0 Å². The molecule has 0 spiro atoms. The van der Waals surface area contributed by atoms with Gasteiger partial charge in [0, 0.05) is 25.0 Å². The first-order valence-corrected chi connectivity index (χ1v) is 7.58. The Kier molecular flexibility index (Phi) is 5.74. The van der Waals surface area contributed by atoms with Crippen LogP contribution in [-0.2, 0) is 0 Å². The Bertz CT molecular complexity index is 853. The maximum atomic E-state index is 5.19. The summed E-state index contributed by atoms with van der Waals surface area (Å²) in [7, 11) is 0. The Morgan fingerprint density at radius 2 is 1.65 bits per heavy atom. The number of aryl methyl sites for hydroxylation is 2. The van der Waals surface area contributed by atoms with Gasteiger partial charge in [-0.2, -0.15) is 0 Å². The van der Waals surface area contributed by atoms with Crippen molar-refractivity contribution in [2.24, 2.45) is 0 Å². The summed E-state index contributed by atoms with van der Waals surface area (Å²) in [6.45, 7) is 7.80. The Hall–Kier alpha value is -2.82. The predicted octanol–water partition coefficient (Wildman–Crippen LogP) is 4.50. The van der Waals surface area contributed by atoms with Crippen molar-refractivity contribution >= 4 is 22.1 Å². The minimum Gasteiger partial charge on any atom is -0.439 e. The molecule has 0 aromatic carbocycles. The molecule has 5 nitrogen and oxygen atoms in total. The van der Waals surface area contributed by atoms with Gasteiger partial charge in [0.05, 0.1) is 17.2 Å². The van der Waals surface area contributed by atoms with E-state index in [1.807, 2.05) is 58.0 Å². The molecule has 0 saturated carbocycles. The smallest absolute Gasteiger partial charge is 0.192 e. The first-order chi connectivity index (χ1) is 11.2. The molecule has 0 N–H and O–H groups in total. The molecule has 0 amide bonds. The van der Waals surface area contributed by atoms with Gasteiger partial charge >= 0.3 is 0 Å². The molecule has 0 aliphatic carbocycles. The lowest BCUT2D eigenvalue weighted by molar-refractivity contribution is 0.560. The lowest BCUT2D eigenvalue weighted by Gasteiger charge is -1.95. The van der Waals surface area contributed by atoms with Crippen molar-refractivity contribution in [2.75, 3.05) is 0 Å². The highest BCUT2D eigenvalue weighted by molar-refractivity contribution is 5.73. The van der Waals surface area contributed by atoms with Crippen molar-refractivity contribution in [3.63, 3.8) is 0 Å². The standard InChI is InChI=1S/C9H8N2.C7H6N2O.C2H6/c1-7-4-5-8-9(11-7)3-2-6-10-8;1-5-9-6-2-3-8-4-7(6)10-5;1-2/h2-6H,1H3;2-4H,1H3;1-2H3. The van der Waals surface area contributed by atoms with Crippen LogP contribution in [0.4, 0.5) is 0 Å². The normalized spacial score (nSPS) is 9.74. The maximum absolute atomic E-state index is 5.19.